The van der Waals surface area contributed by atoms with Crippen LogP contribution < -0.4 is 10.5 Å². The van der Waals surface area contributed by atoms with Gasteiger partial charge in [0.1, 0.15) is 6.04 Å². The van der Waals surface area contributed by atoms with E-state index in [2.05, 4.69) is 0 Å². The van der Waals surface area contributed by atoms with Crippen LogP contribution in [0.15, 0.2) is 12.1 Å². The van der Waals surface area contributed by atoms with E-state index in [-0.39, 0.29) is 10.0 Å². The monoisotopic (exact) mass is 249 g/mol. The van der Waals surface area contributed by atoms with Crippen LogP contribution in [0.25, 0.3) is 0 Å². The van der Waals surface area contributed by atoms with Crippen LogP contribution in [0.2, 0.25) is 10.0 Å². The number of hydrogen-bond acceptors (Lipinski definition) is 3. The summed E-state index contributed by atoms with van der Waals surface area (Å²) in [4.78, 5) is 10.6. The fourth-order valence-electron chi connectivity index (χ4n) is 1.10. The molecule has 0 bridgehead atoms. The van der Waals surface area contributed by atoms with Crippen LogP contribution >= 0.6 is 23.2 Å². The molecule has 15 heavy (non-hydrogen) atoms. The number of benzene rings is 1. The minimum absolute atomic E-state index is 0.233. The van der Waals surface area contributed by atoms with Crippen LogP contribution in [0.3, 0.4) is 0 Å². The first kappa shape index (κ1) is 12.1. The molecule has 1 aromatic rings. The second kappa shape index (κ2) is 4.70. The van der Waals surface area contributed by atoms with E-state index in [9.17, 15) is 4.79 Å². The Morgan fingerprint density at radius 3 is 2.27 bits per heavy atom. The lowest BCUT2D eigenvalue weighted by molar-refractivity contribution is -0.138. The SMILES string of the molecule is COc1c(Cl)cc([C@H](N)C(=O)O)cc1Cl. The predicted octanol–water partition coefficient (Wildman–Crippen LogP) is 2.09. The Balaban J connectivity index is 3.19. The molecule has 0 aliphatic heterocycles. The molecule has 0 fully saturated rings. The molecule has 0 aromatic heterocycles. The molecule has 4 nitrogen and oxygen atoms in total. The summed E-state index contributed by atoms with van der Waals surface area (Å²) >= 11 is 11.7. The van der Waals surface area contributed by atoms with E-state index in [4.69, 9.17) is 38.8 Å². The largest absolute Gasteiger partial charge is 0.494 e. The lowest BCUT2D eigenvalue weighted by atomic mass is 10.1. The Morgan fingerprint density at radius 2 is 1.93 bits per heavy atom. The molecule has 3 N–H and O–H groups in total. The van der Waals surface area contributed by atoms with Crippen LogP contribution in [0.4, 0.5) is 0 Å². The fourth-order valence-corrected chi connectivity index (χ4v) is 1.75. The Hall–Kier alpha value is -0.970. The molecule has 0 spiro atoms. The Bertz CT molecular complexity index is 372. The van der Waals surface area contributed by atoms with E-state index < -0.39 is 12.0 Å². The van der Waals surface area contributed by atoms with Gasteiger partial charge >= 0.3 is 5.97 Å². The van der Waals surface area contributed by atoms with Gasteiger partial charge in [-0.25, -0.2) is 0 Å². The lowest BCUT2D eigenvalue weighted by Gasteiger charge is -2.11. The lowest BCUT2D eigenvalue weighted by Crippen LogP contribution is -2.20. The maximum Gasteiger partial charge on any atom is 0.325 e. The first-order chi connectivity index (χ1) is 6.97. The van der Waals surface area contributed by atoms with Crippen molar-refractivity contribution >= 4 is 29.2 Å². The third-order valence-corrected chi connectivity index (χ3v) is 2.41. The average Bonchev–Trinajstić information content (AvgIpc) is 2.15. The van der Waals surface area contributed by atoms with Crippen molar-refractivity contribution < 1.29 is 14.6 Å². The van der Waals surface area contributed by atoms with E-state index in [0.29, 0.717) is 11.3 Å². The molecule has 0 unspecified atom stereocenters. The second-order valence-electron chi connectivity index (χ2n) is 2.83. The molecule has 1 aromatic carbocycles. The van der Waals surface area contributed by atoms with Crippen molar-refractivity contribution in [1.82, 2.24) is 0 Å². The molecule has 82 valence electrons. The highest BCUT2D eigenvalue weighted by Gasteiger charge is 2.18. The van der Waals surface area contributed by atoms with Gasteiger partial charge in [-0.15, -0.1) is 0 Å². The van der Waals surface area contributed by atoms with Gasteiger partial charge in [-0.1, -0.05) is 23.2 Å². The molecule has 0 saturated heterocycles. The number of aliphatic carboxylic acids is 1. The van der Waals surface area contributed by atoms with Gasteiger partial charge in [-0.05, 0) is 17.7 Å². The number of hydrogen-bond donors (Lipinski definition) is 2. The first-order valence-electron chi connectivity index (χ1n) is 3.98. The van der Waals surface area contributed by atoms with Gasteiger partial charge in [0.2, 0.25) is 0 Å². The number of rotatable bonds is 3. The number of carboxylic acid groups (broad SMARTS) is 1. The van der Waals surface area contributed by atoms with Gasteiger partial charge in [0.15, 0.2) is 5.75 Å². The smallest absolute Gasteiger partial charge is 0.325 e. The summed E-state index contributed by atoms with van der Waals surface area (Å²) in [6, 6.07) is 1.70. The van der Waals surface area contributed by atoms with Crippen molar-refractivity contribution in [2.24, 2.45) is 5.73 Å². The molecule has 0 aliphatic carbocycles. The van der Waals surface area contributed by atoms with Crippen molar-refractivity contribution in [2.45, 2.75) is 6.04 Å². The van der Waals surface area contributed by atoms with Crippen molar-refractivity contribution in [2.75, 3.05) is 7.11 Å². The van der Waals surface area contributed by atoms with E-state index in [1.807, 2.05) is 0 Å². The number of carbonyl (C=O) groups is 1. The Morgan fingerprint density at radius 1 is 1.47 bits per heavy atom. The maximum absolute atomic E-state index is 10.6. The summed E-state index contributed by atoms with van der Waals surface area (Å²) in [7, 11) is 1.42. The van der Waals surface area contributed by atoms with Gasteiger partial charge in [0.25, 0.3) is 0 Å². The molecule has 1 rings (SSSR count). The van der Waals surface area contributed by atoms with Gasteiger partial charge in [-0.3, -0.25) is 4.79 Å². The molecule has 0 aliphatic rings. The predicted molar refractivity (Wildman–Crippen MR) is 57.6 cm³/mol. The quantitative estimate of drug-likeness (QED) is 0.861. The highest BCUT2D eigenvalue weighted by molar-refractivity contribution is 6.37. The van der Waals surface area contributed by atoms with Gasteiger partial charge in [0.05, 0.1) is 17.2 Å². The molecule has 6 heteroatoms. The fraction of sp³-hybridized carbons (Fsp3) is 0.222. The zero-order valence-electron chi connectivity index (χ0n) is 7.83. The molecule has 0 saturated carbocycles. The third kappa shape index (κ3) is 2.53. The molecule has 1 atom stereocenters. The standard InChI is InChI=1S/C9H9Cl2NO3/c1-15-8-5(10)2-4(3-6(8)11)7(12)9(13)14/h2-3,7H,12H2,1H3,(H,13,14)/t7-/m0/s1. The summed E-state index contributed by atoms with van der Waals surface area (Å²) in [5.74, 6) is -0.841. The molecule has 0 heterocycles. The third-order valence-electron chi connectivity index (χ3n) is 1.85. The summed E-state index contributed by atoms with van der Waals surface area (Å²) < 4.78 is 4.92. The number of halogens is 2. The molecular formula is C9H9Cl2NO3. The van der Waals surface area contributed by atoms with Gasteiger partial charge in [0, 0.05) is 0 Å². The van der Waals surface area contributed by atoms with Crippen LogP contribution in [0.5, 0.6) is 5.75 Å². The second-order valence-corrected chi connectivity index (χ2v) is 3.65. The summed E-state index contributed by atoms with van der Waals surface area (Å²) in [5.41, 5.74) is 5.74. The van der Waals surface area contributed by atoms with Crippen LogP contribution in [-0.2, 0) is 4.79 Å². The average molecular weight is 250 g/mol. The summed E-state index contributed by atoms with van der Waals surface area (Å²) in [5, 5.41) is 9.17. The van der Waals surface area contributed by atoms with E-state index in [0.717, 1.165) is 0 Å². The van der Waals surface area contributed by atoms with Gasteiger partial charge in [-0.2, -0.15) is 0 Å². The van der Waals surface area contributed by atoms with Crippen LogP contribution in [-0.4, -0.2) is 18.2 Å². The van der Waals surface area contributed by atoms with E-state index in [1.54, 1.807) is 0 Å². The summed E-state index contributed by atoms with van der Waals surface area (Å²) in [6.07, 6.45) is 0. The topological polar surface area (TPSA) is 72.5 Å². The van der Waals surface area contributed by atoms with Crippen molar-refractivity contribution in [1.29, 1.82) is 0 Å². The van der Waals surface area contributed by atoms with Crippen molar-refractivity contribution in [3.05, 3.63) is 27.7 Å². The number of ether oxygens (including phenoxy) is 1. The van der Waals surface area contributed by atoms with E-state index >= 15 is 0 Å². The Kier molecular flexibility index (Phi) is 3.79. The van der Waals surface area contributed by atoms with Crippen molar-refractivity contribution in [3.8, 4) is 5.75 Å². The number of nitrogens with two attached hydrogens (primary N) is 1. The number of methoxy groups -OCH3 is 1. The van der Waals surface area contributed by atoms with E-state index in [1.165, 1.54) is 19.2 Å². The molecule has 0 radical (unpaired) electrons. The minimum atomic E-state index is -1.15. The van der Waals surface area contributed by atoms with Crippen LogP contribution in [0, 0.1) is 0 Å². The Labute approximate surface area is 96.5 Å². The minimum Gasteiger partial charge on any atom is -0.494 e. The molecule has 0 amide bonds. The van der Waals surface area contributed by atoms with Crippen LogP contribution in [0.1, 0.15) is 11.6 Å². The van der Waals surface area contributed by atoms with Crippen molar-refractivity contribution in [3.63, 3.8) is 0 Å². The maximum atomic E-state index is 10.6. The zero-order valence-corrected chi connectivity index (χ0v) is 9.34. The van der Waals surface area contributed by atoms with Gasteiger partial charge < -0.3 is 15.6 Å². The highest BCUT2D eigenvalue weighted by Crippen LogP contribution is 2.35. The molecular weight excluding hydrogens is 241 g/mol. The normalized spacial score (nSPS) is 12.3. The zero-order chi connectivity index (χ0) is 11.6. The number of carboxylic acids is 1. The summed E-state index contributed by atoms with van der Waals surface area (Å²) in [6.45, 7) is 0. The first-order valence-corrected chi connectivity index (χ1v) is 4.74. The highest BCUT2D eigenvalue weighted by atomic mass is 35.5.